The number of ether oxygens (including phenoxy) is 1. The van der Waals surface area contributed by atoms with Crippen molar-refractivity contribution in [3.05, 3.63) is 16.6 Å². The van der Waals surface area contributed by atoms with E-state index >= 15 is 0 Å². The molecule has 132 valence electrons. The van der Waals surface area contributed by atoms with Gasteiger partial charge in [-0.25, -0.2) is 9.25 Å². The molecule has 1 saturated heterocycles. The third kappa shape index (κ3) is 2.93. The molecule has 0 aromatic carbocycles. The van der Waals surface area contributed by atoms with E-state index < -0.39 is 44.5 Å². The van der Waals surface area contributed by atoms with Crippen LogP contribution in [0.4, 0.5) is 5.95 Å². The summed E-state index contributed by atoms with van der Waals surface area (Å²) in [6, 6.07) is 0. The highest BCUT2D eigenvalue weighted by molar-refractivity contribution is 7.46. The zero-order valence-electron chi connectivity index (χ0n) is 11.9. The van der Waals surface area contributed by atoms with Crippen molar-refractivity contribution in [2.45, 2.75) is 24.5 Å². The summed E-state index contributed by atoms with van der Waals surface area (Å²) < 4.78 is 21.9. The second-order valence-electron chi connectivity index (χ2n) is 5.08. The Morgan fingerprint density at radius 3 is 2.83 bits per heavy atom. The second kappa shape index (κ2) is 5.89. The number of rotatable bonds is 4. The van der Waals surface area contributed by atoms with Crippen molar-refractivity contribution in [3.63, 3.8) is 0 Å². The predicted octanol–water partition coefficient (Wildman–Crippen LogP) is -2.57. The summed E-state index contributed by atoms with van der Waals surface area (Å²) >= 11 is 0. The molecule has 3 heterocycles. The van der Waals surface area contributed by atoms with E-state index in [4.69, 9.17) is 20.3 Å². The highest BCUT2D eigenvalue weighted by atomic mass is 31.2. The van der Waals surface area contributed by atoms with Gasteiger partial charge in [0, 0.05) is 0 Å². The quantitative estimate of drug-likeness (QED) is 0.311. The number of aliphatic hydroxyl groups is 2. The Kier molecular flexibility index (Phi) is 4.17. The molecule has 14 heteroatoms. The number of H-pyrrole nitrogens is 1. The number of phosphoric ester groups is 1. The van der Waals surface area contributed by atoms with Crippen molar-refractivity contribution in [1.82, 2.24) is 19.7 Å². The van der Waals surface area contributed by atoms with Gasteiger partial charge >= 0.3 is 7.82 Å². The monoisotopic (exact) mass is 363 g/mol. The molecule has 7 N–H and O–H groups in total. The zero-order chi connectivity index (χ0) is 17.6. The Bertz CT molecular complexity index is 861. The van der Waals surface area contributed by atoms with Crippen LogP contribution in [0, 0.1) is 0 Å². The van der Waals surface area contributed by atoms with Crippen molar-refractivity contribution in [2.24, 2.45) is 0 Å². The Morgan fingerprint density at radius 1 is 1.50 bits per heavy atom. The largest absolute Gasteiger partial charge is 0.470 e. The van der Waals surface area contributed by atoms with Crippen molar-refractivity contribution in [2.75, 3.05) is 12.3 Å². The van der Waals surface area contributed by atoms with E-state index in [2.05, 4.69) is 19.6 Å². The van der Waals surface area contributed by atoms with Crippen LogP contribution >= 0.6 is 7.82 Å². The summed E-state index contributed by atoms with van der Waals surface area (Å²) in [5, 5.41) is 23.5. The lowest BCUT2D eigenvalue weighted by Crippen LogP contribution is -2.35. The third-order valence-corrected chi connectivity index (χ3v) is 3.99. The first-order valence-electron chi connectivity index (χ1n) is 6.62. The molecule has 0 saturated carbocycles. The van der Waals surface area contributed by atoms with E-state index in [1.54, 1.807) is 0 Å². The van der Waals surface area contributed by atoms with Gasteiger partial charge in [0.25, 0.3) is 5.56 Å². The maximum absolute atomic E-state index is 11.8. The predicted molar refractivity (Wildman–Crippen MR) is 76.5 cm³/mol. The van der Waals surface area contributed by atoms with E-state index in [-0.39, 0.29) is 17.0 Å². The SMILES string of the molecule is Nc1nc2c(cnn2[C@@H]2O[C@H](CO)[C@@H](OP(=O)(O)O)[C@H]2O)c(=O)[nH]1. The van der Waals surface area contributed by atoms with Gasteiger partial charge in [-0.15, -0.1) is 0 Å². The fourth-order valence-corrected chi connectivity index (χ4v) is 3.07. The Hall–Kier alpha value is -1.86. The lowest BCUT2D eigenvalue weighted by atomic mass is 10.1. The van der Waals surface area contributed by atoms with Crippen LogP contribution in [0.25, 0.3) is 11.0 Å². The number of nitrogens with one attached hydrogen (secondary N) is 1. The number of hydrogen-bond acceptors (Lipinski definition) is 9. The van der Waals surface area contributed by atoms with E-state index in [0.29, 0.717) is 0 Å². The smallest absolute Gasteiger partial charge is 0.394 e. The van der Waals surface area contributed by atoms with Crippen LogP contribution in [0.1, 0.15) is 6.23 Å². The number of nitrogen functional groups attached to an aromatic ring is 1. The van der Waals surface area contributed by atoms with Gasteiger partial charge in [-0.2, -0.15) is 10.1 Å². The fourth-order valence-electron chi connectivity index (χ4n) is 2.50. The minimum Gasteiger partial charge on any atom is -0.394 e. The highest BCUT2D eigenvalue weighted by Crippen LogP contribution is 2.43. The van der Waals surface area contributed by atoms with Gasteiger partial charge in [0.1, 0.15) is 23.7 Å². The van der Waals surface area contributed by atoms with E-state index in [1.807, 2.05) is 0 Å². The van der Waals surface area contributed by atoms with Gasteiger partial charge in [0.15, 0.2) is 11.9 Å². The van der Waals surface area contributed by atoms with Crippen LogP contribution in [-0.2, 0) is 13.8 Å². The van der Waals surface area contributed by atoms with Gasteiger partial charge in [0.2, 0.25) is 5.95 Å². The molecular weight excluding hydrogens is 349 g/mol. The summed E-state index contributed by atoms with van der Waals surface area (Å²) in [5.41, 5.74) is 4.91. The molecule has 0 amide bonds. The van der Waals surface area contributed by atoms with Crippen molar-refractivity contribution in [1.29, 1.82) is 0 Å². The Balaban J connectivity index is 2.01. The minimum absolute atomic E-state index is 0.00572. The van der Waals surface area contributed by atoms with Crippen LogP contribution in [0.3, 0.4) is 0 Å². The van der Waals surface area contributed by atoms with E-state index in [1.165, 1.54) is 6.20 Å². The van der Waals surface area contributed by atoms with E-state index in [9.17, 15) is 19.6 Å². The van der Waals surface area contributed by atoms with Crippen LogP contribution in [0.2, 0.25) is 0 Å². The average molecular weight is 363 g/mol. The maximum Gasteiger partial charge on any atom is 0.470 e. The van der Waals surface area contributed by atoms with Gasteiger partial charge in [-0.05, 0) is 0 Å². The topological polar surface area (TPSA) is 206 Å². The molecule has 0 bridgehead atoms. The number of aliphatic hydroxyl groups excluding tert-OH is 2. The molecule has 0 aliphatic carbocycles. The third-order valence-electron chi connectivity index (χ3n) is 3.47. The summed E-state index contributed by atoms with van der Waals surface area (Å²) in [6.07, 6.45) is -4.47. The molecule has 2 aromatic heterocycles. The summed E-state index contributed by atoms with van der Waals surface area (Å²) in [7, 11) is -4.94. The van der Waals surface area contributed by atoms with Crippen molar-refractivity contribution < 1.29 is 33.8 Å². The lowest BCUT2D eigenvalue weighted by Gasteiger charge is -2.19. The number of anilines is 1. The molecule has 2 aromatic rings. The summed E-state index contributed by atoms with van der Waals surface area (Å²) in [4.78, 5) is 35.8. The Labute approximate surface area is 132 Å². The molecular formula is C10H14N5O8P. The maximum atomic E-state index is 11.8. The van der Waals surface area contributed by atoms with Crippen molar-refractivity contribution in [3.8, 4) is 0 Å². The van der Waals surface area contributed by atoms with Gasteiger partial charge < -0.3 is 30.5 Å². The average Bonchev–Trinajstić information content (AvgIpc) is 3.00. The molecule has 0 spiro atoms. The van der Waals surface area contributed by atoms with Gasteiger partial charge in [-0.3, -0.25) is 14.3 Å². The molecule has 0 unspecified atom stereocenters. The van der Waals surface area contributed by atoms with Crippen LogP contribution in [0.5, 0.6) is 0 Å². The number of fused-ring (bicyclic) bond motifs is 1. The number of aromatic amines is 1. The molecule has 3 rings (SSSR count). The normalized spacial score (nSPS) is 27.8. The first kappa shape index (κ1) is 17.0. The van der Waals surface area contributed by atoms with E-state index in [0.717, 1.165) is 4.68 Å². The van der Waals surface area contributed by atoms with Crippen molar-refractivity contribution >= 4 is 24.8 Å². The van der Waals surface area contributed by atoms with Crippen LogP contribution in [-0.4, -0.2) is 64.7 Å². The number of hydrogen-bond donors (Lipinski definition) is 6. The second-order valence-corrected chi connectivity index (χ2v) is 6.27. The first-order chi connectivity index (χ1) is 11.2. The molecule has 1 aliphatic rings. The first-order valence-corrected chi connectivity index (χ1v) is 8.15. The molecule has 1 aliphatic heterocycles. The number of nitrogens with zero attached hydrogens (tertiary/aromatic N) is 3. The molecule has 4 atom stereocenters. The zero-order valence-corrected chi connectivity index (χ0v) is 12.8. The number of phosphoric acid groups is 1. The summed E-state index contributed by atoms with van der Waals surface area (Å²) in [6.45, 7) is -0.673. The molecule has 1 fully saturated rings. The minimum atomic E-state index is -4.94. The van der Waals surface area contributed by atoms with Gasteiger partial charge in [0.05, 0.1) is 12.8 Å². The van der Waals surface area contributed by atoms with Gasteiger partial charge in [-0.1, -0.05) is 0 Å². The number of aromatic nitrogens is 4. The Morgan fingerprint density at radius 2 is 2.21 bits per heavy atom. The van der Waals surface area contributed by atoms with Crippen LogP contribution < -0.4 is 11.3 Å². The number of nitrogens with two attached hydrogens (primary N) is 1. The summed E-state index contributed by atoms with van der Waals surface area (Å²) in [5.74, 6) is -0.191. The lowest BCUT2D eigenvalue weighted by molar-refractivity contribution is -0.0565. The molecule has 24 heavy (non-hydrogen) atoms. The fraction of sp³-hybridized carbons (Fsp3) is 0.500. The van der Waals surface area contributed by atoms with Crippen LogP contribution in [0.15, 0.2) is 11.0 Å². The standard InChI is InChI=1S/C10H14N5O8P/c11-10-13-7-3(8(18)14-10)1-12-15(7)9-5(17)6(4(2-16)22-9)23-24(19,20)21/h1,4-6,9,16-17H,2H2,(H2,19,20,21)(H3,11,13,14,18)/t4-,5-,6-,9-/m1/s1. The molecule has 0 radical (unpaired) electrons. The molecule has 13 nitrogen and oxygen atoms in total. The highest BCUT2D eigenvalue weighted by Gasteiger charge is 2.48.